The number of rotatable bonds is 1. The van der Waals surface area contributed by atoms with E-state index in [2.05, 4.69) is 5.87 Å². The molecular weight excluding hydrogens is 244 g/mol. The summed E-state index contributed by atoms with van der Waals surface area (Å²) in [5, 5.41) is 0. The van der Waals surface area contributed by atoms with Gasteiger partial charge in [-0.1, -0.05) is 25.6 Å². The molecule has 3 nitrogen and oxygen atoms in total. The van der Waals surface area contributed by atoms with E-state index in [9.17, 15) is 12.6 Å². The summed E-state index contributed by atoms with van der Waals surface area (Å²) in [5.41, 5.74) is 0. The molecule has 0 atom stereocenters. The Morgan fingerprint density at radius 3 is 1.44 bits per heavy atom. The second kappa shape index (κ2) is 6.70. The van der Waals surface area contributed by atoms with Crippen LogP contribution in [0.25, 0.3) is 0 Å². The first kappa shape index (κ1) is 17.6. The number of sulfone groups is 1. The predicted octanol–water partition coefficient (Wildman–Crippen LogP) is 1.69. The highest BCUT2D eigenvalue weighted by Gasteiger charge is 2.02. The summed E-state index contributed by atoms with van der Waals surface area (Å²) < 4.78 is 31.7. The van der Waals surface area contributed by atoms with Crippen molar-refractivity contribution in [2.75, 3.05) is 18.8 Å². The Morgan fingerprint density at radius 2 is 1.25 bits per heavy atom. The van der Waals surface area contributed by atoms with E-state index in [-0.39, 0.29) is 7.43 Å². The van der Waals surface area contributed by atoms with E-state index in [1.165, 1.54) is 6.26 Å². The van der Waals surface area contributed by atoms with Crippen molar-refractivity contribution in [3.05, 3.63) is 30.3 Å². The Kier molecular flexibility index (Phi) is 7.37. The fourth-order valence-electron chi connectivity index (χ4n) is 0.668. The van der Waals surface area contributed by atoms with Gasteiger partial charge >= 0.3 is 0 Å². The van der Waals surface area contributed by atoms with Gasteiger partial charge < -0.3 is 0 Å². The first-order valence-electron chi connectivity index (χ1n) is 4.13. The van der Waals surface area contributed by atoms with Crippen molar-refractivity contribution in [3.8, 4) is 0 Å². The lowest BCUT2D eigenvalue weighted by molar-refractivity contribution is 0.602. The summed E-state index contributed by atoms with van der Waals surface area (Å²) in [6.07, 6.45) is 4.41. The largest absolute Gasteiger partial charge is 0.269 e. The molecule has 1 aromatic rings. The topological polar surface area (TPSA) is 51.2 Å². The van der Waals surface area contributed by atoms with E-state index >= 15 is 0 Å². The Hall–Kier alpha value is -0.810. The van der Waals surface area contributed by atoms with Gasteiger partial charge in [0.05, 0.1) is 4.90 Å². The van der Waals surface area contributed by atoms with Crippen LogP contribution in [0.4, 0.5) is 0 Å². The van der Waals surface area contributed by atoms with Gasteiger partial charge in [-0.25, -0.2) is 8.42 Å². The lowest BCUT2D eigenvalue weighted by Crippen LogP contribution is -1.95. The van der Waals surface area contributed by atoms with Crippen LogP contribution in [-0.2, 0) is 19.4 Å². The zero-order valence-corrected chi connectivity index (χ0v) is 10.8. The van der Waals surface area contributed by atoms with E-state index in [0.29, 0.717) is 4.90 Å². The molecule has 1 rings (SSSR count). The highest BCUT2D eigenvalue weighted by Crippen LogP contribution is 2.05. The second-order valence-corrected chi connectivity index (χ2v) is 8.41. The van der Waals surface area contributed by atoms with Crippen molar-refractivity contribution < 1.29 is 12.6 Å². The third-order valence-electron chi connectivity index (χ3n) is 1.17. The van der Waals surface area contributed by atoms with Crippen molar-refractivity contribution in [2.24, 2.45) is 0 Å². The zero-order valence-electron chi connectivity index (χ0n) is 9.14. The van der Waals surface area contributed by atoms with Crippen LogP contribution in [0.15, 0.2) is 35.2 Å². The Balaban J connectivity index is 0. The molecule has 0 aliphatic carbocycles. The molecule has 0 saturated heterocycles. The number of hydrogen-bond acceptors (Lipinski definition) is 3. The standard InChI is InChI=1S/C7H8O2S.C3H8OS.CH4/c1-10(8,9)7-5-3-2-4-6-7;1-5(2,3)4;/h2-6H,1H3;1H2,2-3H3;1H4. The van der Waals surface area contributed by atoms with Gasteiger partial charge in [-0.15, -0.1) is 0 Å². The molecule has 0 aromatic heterocycles. The summed E-state index contributed by atoms with van der Waals surface area (Å²) in [4.78, 5) is 0.370. The van der Waals surface area contributed by atoms with Crippen molar-refractivity contribution in [1.29, 1.82) is 0 Å². The van der Waals surface area contributed by atoms with E-state index in [0.717, 1.165) is 0 Å². The molecule has 0 saturated carbocycles. The van der Waals surface area contributed by atoms with Gasteiger partial charge in [-0.3, -0.25) is 4.21 Å². The zero-order chi connectivity index (χ0) is 12.1. The Labute approximate surface area is 99.4 Å². The molecule has 5 heteroatoms. The van der Waals surface area contributed by atoms with Crippen LogP contribution in [0.3, 0.4) is 0 Å². The normalized spacial score (nSPS) is 10.7. The smallest absolute Gasteiger partial charge is 0.175 e. The van der Waals surface area contributed by atoms with Crippen LogP contribution in [0.2, 0.25) is 0 Å². The van der Waals surface area contributed by atoms with E-state index in [4.69, 9.17) is 0 Å². The molecule has 0 N–H and O–H groups in total. The minimum absolute atomic E-state index is 0. The third kappa shape index (κ3) is 11.3. The van der Waals surface area contributed by atoms with Crippen LogP contribution in [0.5, 0.6) is 0 Å². The van der Waals surface area contributed by atoms with Gasteiger partial charge in [0.15, 0.2) is 9.84 Å². The van der Waals surface area contributed by atoms with E-state index in [1.54, 1.807) is 42.8 Å². The molecule has 0 spiro atoms. The van der Waals surface area contributed by atoms with Crippen molar-refractivity contribution in [2.45, 2.75) is 12.3 Å². The lowest BCUT2D eigenvalue weighted by Gasteiger charge is -1.93. The minimum atomic E-state index is -3.00. The van der Waals surface area contributed by atoms with Crippen molar-refractivity contribution in [3.63, 3.8) is 0 Å². The molecule has 0 heterocycles. The van der Waals surface area contributed by atoms with E-state index in [1.807, 2.05) is 0 Å². The maximum absolute atomic E-state index is 10.8. The highest BCUT2D eigenvalue weighted by molar-refractivity contribution is 7.99. The first-order chi connectivity index (χ1) is 6.61. The minimum Gasteiger partial charge on any atom is -0.269 e. The summed E-state index contributed by atoms with van der Waals surface area (Å²) in [7, 11) is -4.67. The number of hydrogen-bond donors (Lipinski definition) is 0. The molecular formula is C11H20O3S2. The molecule has 0 aliphatic rings. The SMILES string of the molecule is C.C=S(C)(C)=O.CS(=O)(=O)c1ccccc1. The summed E-state index contributed by atoms with van der Waals surface area (Å²) in [5.74, 6) is 3.30. The molecule has 0 aliphatic heterocycles. The monoisotopic (exact) mass is 264 g/mol. The highest BCUT2D eigenvalue weighted by atomic mass is 32.2. The third-order valence-corrected chi connectivity index (χ3v) is 2.30. The van der Waals surface area contributed by atoms with Gasteiger partial charge in [0.2, 0.25) is 0 Å². The van der Waals surface area contributed by atoms with Gasteiger partial charge in [0.25, 0.3) is 0 Å². The van der Waals surface area contributed by atoms with Gasteiger partial charge in [-0.05, 0) is 27.5 Å². The Morgan fingerprint density at radius 1 is 0.938 bits per heavy atom. The summed E-state index contributed by atoms with van der Waals surface area (Å²) in [6.45, 7) is 0. The summed E-state index contributed by atoms with van der Waals surface area (Å²) >= 11 is 0. The molecule has 0 fully saturated rings. The van der Waals surface area contributed by atoms with Gasteiger partial charge in [-0.2, -0.15) is 0 Å². The molecule has 0 unspecified atom stereocenters. The lowest BCUT2D eigenvalue weighted by atomic mass is 10.4. The molecule has 16 heavy (non-hydrogen) atoms. The van der Waals surface area contributed by atoms with Crippen LogP contribution in [0.1, 0.15) is 7.43 Å². The quantitative estimate of drug-likeness (QED) is 0.725. The van der Waals surface area contributed by atoms with E-state index < -0.39 is 19.4 Å². The first-order valence-corrected chi connectivity index (χ1v) is 8.56. The van der Waals surface area contributed by atoms with Gasteiger partial charge in [0.1, 0.15) is 0 Å². The molecule has 94 valence electrons. The molecule has 0 bridgehead atoms. The van der Waals surface area contributed by atoms with Crippen molar-refractivity contribution in [1.82, 2.24) is 0 Å². The summed E-state index contributed by atoms with van der Waals surface area (Å²) in [6, 6.07) is 8.35. The molecule has 0 amide bonds. The number of benzene rings is 1. The molecule has 1 aromatic carbocycles. The average Bonchev–Trinajstić information content (AvgIpc) is 2.01. The second-order valence-electron chi connectivity index (χ2n) is 3.52. The van der Waals surface area contributed by atoms with Crippen LogP contribution >= 0.6 is 0 Å². The maximum Gasteiger partial charge on any atom is 0.175 e. The average molecular weight is 264 g/mol. The van der Waals surface area contributed by atoms with Crippen molar-refractivity contribution >= 4 is 25.2 Å². The van der Waals surface area contributed by atoms with Gasteiger partial charge in [0, 0.05) is 18.8 Å². The predicted molar refractivity (Wildman–Crippen MR) is 73.4 cm³/mol. The molecule has 0 radical (unpaired) electrons. The fraction of sp³-hybridized carbons (Fsp3) is 0.364. The Bertz CT molecular complexity index is 477. The van der Waals surface area contributed by atoms with Crippen LogP contribution in [0, 0.1) is 0 Å². The van der Waals surface area contributed by atoms with Crippen LogP contribution < -0.4 is 0 Å². The van der Waals surface area contributed by atoms with Crippen LogP contribution in [-0.4, -0.2) is 37.3 Å². The fourth-order valence-corrected chi connectivity index (χ4v) is 1.32. The maximum atomic E-state index is 10.8.